The molecule has 2 N–H and O–H groups in total. The van der Waals surface area contributed by atoms with Crippen LogP contribution in [0, 0.1) is 0 Å². The molecular weight excluding hydrogens is 312 g/mol. The lowest BCUT2D eigenvalue weighted by molar-refractivity contribution is 0.452. The Morgan fingerprint density at radius 1 is 0.739 bits per heavy atom. The number of hydrogen-bond acceptors (Lipinski definition) is 4. The van der Waals surface area contributed by atoms with E-state index in [1.165, 1.54) is 24.3 Å². The average molecular weight is 334 g/mol. The molecule has 0 aliphatic carbocycles. The van der Waals surface area contributed by atoms with Gasteiger partial charge in [0.1, 0.15) is 21.3 Å². The molecule has 0 aliphatic rings. The summed E-state index contributed by atoms with van der Waals surface area (Å²) in [5.41, 5.74) is 1.61. The second-order valence-electron chi connectivity index (χ2n) is 6.27. The van der Waals surface area contributed by atoms with E-state index in [2.05, 4.69) is 0 Å². The van der Waals surface area contributed by atoms with Crippen LogP contribution in [-0.2, 0) is 9.84 Å². The van der Waals surface area contributed by atoms with Gasteiger partial charge in [0, 0.05) is 0 Å². The molecule has 0 amide bonds. The van der Waals surface area contributed by atoms with Gasteiger partial charge in [0.05, 0.1) is 0 Å². The highest BCUT2D eigenvalue weighted by Crippen LogP contribution is 2.36. The van der Waals surface area contributed by atoms with Crippen molar-refractivity contribution in [2.24, 2.45) is 0 Å². The summed E-state index contributed by atoms with van der Waals surface area (Å²) in [5.74, 6) is -0.382. The minimum atomic E-state index is -4.01. The topological polar surface area (TPSA) is 74.6 Å². The maximum atomic E-state index is 12.9. The third-order valence-corrected chi connectivity index (χ3v) is 5.69. The monoisotopic (exact) mass is 334 g/mol. The van der Waals surface area contributed by atoms with Crippen LogP contribution in [0.5, 0.6) is 11.5 Å². The largest absolute Gasteiger partial charge is 0.507 e. The smallest absolute Gasteiger partial charge is 0.213 e. The number of phenols is 2. The van der Waals surface area contributed by atoms with Gasteiger partial charge in [-0.25, -0.2) is 8.42 Å². The fraction of sp³-hybridized carbons (Fsp3) is 0.333. The molecule has 2 aromatic carbocycles. The highest BCUT2D eigenvalue weighted by molar-refractivity contribution is 7.91. The molecule has 4 nitrogen and oxygen atoms in total. The van der Waals surface area contributed by atoms with Crippen molar-refractivity contribution in [3.05, 3.63) is 47.5 Å². The van der Waals surface area contributed by atoms with Gasteiger partial charge in [0.25, 0.3) is 0 Å². The van der Waals surface area contributed by atoms with Crippen molar-refractivity contribution in [3.8, 4) is 11.5 Å². The lowest BCUT2D eigenvalue weighted by Crippen LogP contribution is -2.05. The van der Waals surface area contributed by atoms with Crippen molar-refractivity contribution in [2.75, 3.05) is 0 Å². The maximum absolute atomic E-state index is 12.9. The van der Waals surface area contributed by atoms with Crippen LogP contribution in [0.1, 0.15) is 50.7 Å². The number of hydrogen-bond donors (Lipinski definition) is 2. The summed E-state index contributed by atoms with van der Waals surface area (Å²) in [4.78, 5) is -0.361. The molecule has 2 aromatic rings. The number of aromatic hydroxyl groups is 2. The Morgan fingerprint density at radius 3 is 1.39 bits per heavy atom. The Kier molecular flexibility index (Phi) is 4.71. The first-order valence-electron chi connectivity index (χ1n) is 7.55. The summed E-state index contributed by atoms with van der Waals surface area (Å²) in [6.07, 6.45) is 0. The standard InChI is InChI=1S/C18H22O4S/c1-11(2)13-5-7-15(19)17(9-13)23(21,22)18-10-14(12(3)4)6-8-16(18)20/h5-12,19-20H,1-4H3. The van der Waals surface area contributed by atoms with E-state index in [4.69, 9.17) is 0 Å². The van der Waals surface area contributed by atoms with Crippen molar-refractivity contribution in [1.29, 1.82) is 0 Å². The van der Waals surface area contributed by atoms with Crippen LogP contribution < -0.4 is 0 Å². The van der Waals surface area contributed by atoms with Crippen LogP contribution in [0.2, 0.25) is 0 Å². The molecular formula is C18H22O4S. The predicted molar refractivity (Wildman–Crippen MR) is 89.8 cm³/mol. The lowest BCUT2D eigenvalue weighted by Gasteiger charge is -2.14. The van der Waals surface area contributed by atoms with E-state index in [0.29, 0.717) is 0 Å². The minimum Gasteiger partial charge on any atom is -0.507 e. The Bertz CT molecular complexity index is 757. The molecule has 23 heavy (non-hydrogen) atoms. The van der Waals surface area contributed by atoms with Gasteiger partial charge in [-0.2, -0.15) is 0 Å². The zero-order chi connectivity index (χ0) is 17.4. The summed E-state index contributed by atoms with van der Waals surface area (Å²) in [5, 5.41) is 20.0. The van der Waals surface area contributed by atoms with E-state index < -0.39 is 9.84 Å². The van der Waals surface area contributed by atoms with Gasteiger partial charge in [0.2, 0.25) is 9.84 Å². The highest BCUT2D eigenvalue weighted by atomic mass is 32.2. The van der Waals surface area contributed by atoms with E-state index >= 15 is 0 Å². The Labute approximate surface area is 137 Å². The maximum Gasteiger partial charge on any atom is 0.213 e. The third kappa shape index (κ3) is 3.34. The third-order valence-electron chi connectivity index (χ3n) is 3.88. The summed E-state index contributed by atoms with van der Waals surface area (Å²) in [6.45, 7) is 7.78. The molecule has 0 saturated carbocycles. The van der Waals surface area contributed by atoms with Crippen LogP contribution in [0.15, 0.2) is 46.2 Å². The van der Waals surface area contributed by atoms with Gasteiger partial charge in [-0.1, -0.05) is 39.8 Å². The molecule has 0 radical (unpaired) electrons. The second kappa shape index (κ2) is 6.24. The molecule has 0 heterocycles. The zero-order valence-corrected chi connectivity index (χ0v) is 14.6. The van der Waals surface area contributed by atoms with Crippen molar-refractivity contribution in [2.45, 2.75) is 49.3 Å². The van der Waals surface area contributed by atoms with Crippen LogP contribution in [0.4, 0.5) is 0 Å². The first-order valence-corrected chi connectivity index (χ1v) is 9.03. The number of benzene rings is 2. The quantitative estimate of drug-likeness (QED) is 0.879. The first-order chi connectivity index (χ1) is 10.6. The Hall–Kier alpha value is -2.01. The summed E-state index contributed by atoms with van der Waals surface area (Å²) < 4.78 is 25.8. The fourth-order valence-electron chi connectivity index (χ4n) is 2.33. The molecule has 0 fully saturated rings. The molecule has 0 aliphatic heterocycles. The van der Waals surface area contributed by atoms with Crippen LogP contribution >= 0.6 is 0 Å². The number of rotatable bonds is 4. The van der Waals surface area contributed by atoms with E-state index in [1.807, 2.05) is 27.7 Å². The molecule has 0 aromatic heterocycles. The average Bonchev–Trinajstić information content (AvgIpc) is 2.47. The van der Waals surface area contributed by atoms with Gasteiger partial charge >= 0.3 is 0 Å². The molecule has 0 unspecified atom stereocenters. The van der Waals surface area contributed by atoms with E-state index in [1.54, 1.807) is 12.1 Å². The van der Waals surface area contributed by atoms with Crippen LogP contribution in [-0.4, -0.2) is 18.6 Å². The molecule has 0 bridgehead atoms. The van der Waals surface area contributed by atoms with E-state index in [0.717, 1.165) is 11.1 Å². The molecule has 2 rings (SSSR count). The van der Waals surface area contributed by atoms with E-state index in [-0.39, 0.29) is 33.1 Å². The van der Waals surface area contributed by atoms with Gasteiger partial charge < -0.3 is 10.2 Å². The minimum absolute atomic E-state index is 0.125. The Balaban J connectivity index is 2.68. The normalized spacial score (nSPS) is 12.1. The van der Waals surface area contributed by atoms with Crippen molar-refractivity contribution >= 4 is 9.84 Å². The van der Waals surface area contributed by atoms with Gasteiger partial charge in [-0.05, 0) is 47.2 Å². The van der Waals surface area contributed by atoms with Crippen LogP contribution in [0.3, 0.4) is 0 Å². The predicted octanol–water partition coefficient (Wildman–Crippen LogP) is 4.18. The highest BCUT2D eigenvalue weighted by Gasteiger charge is 2.26. The second-order valence-corrected chi connectivity index (χ2v) is 8.15. The zero-order valence-electron chi connectivity index (χ0n) is 13.7. The first kappa shape index (κ1) is 17.3. The number of phenolic OH excluding ortho intramolecular Hbond substituents is 2. The molecule has 124 valence electrons. The summed E-state index contributed by atoms with van der Waals surface area (Å²) in [6, 6.07) is 9.09. The van der Waals surface area contributed by atoms with Crippen molar-refractivity contribution in [3.63, 3.8) is 0 Å². The van der Waals surface area contributed by atoms with Gasteiger partial charge in [-0.15, -0.1) is 0 Å². The molecule has 0 atom stereocenters. The summed E-state index contributed by atoms with van der Waals surface area (Å²) in [7, 11) is -4.01. The molecule has 5 heteroatoms. The molecule has 0 spiro atoms. The fourth-order valence-corrected chi connectivity index (χ4v) is 3.83. The van der Waals surface area contributed by atoms with Gasteiger partial charge in [-0.3, -0.25) is 0 Å². The van der Waals surface area contributed by atoms with Crippen molar-refractivity contribution < 1.29 is 18.6 Å². The van der Waals surface area contributed by atoms with Crippen LogP contribution in [0.25, 0.3) is 0 Å². The molecule has 0 saturated heterocycles. The lowest BCUT2D eigenvalue weighted by atomic mass is 10.0. The number of sulfone groups is 1. The Morgan fingerprint density at radius 2 is 1.09 bits per heavy atom. The van der Waals surface area contributed by atoms with Crippen molar-refractivity contribution in [1.82, 2.24) is 0 Å². The summed E-state index contributed by atoms with van der Waals surface area (Å²) >= 11 is 0. The SMILES string of the molecule is CC(C)c1ccc(O)c(S(=O)(=O)c2cc(C(C)C)ccc2O)c1. The van der Waals surface area contributed by atoms with Gasteiger partial charge in [0.15, 0.2) is 0 Å². The van der Waals surface area contributed by atoms with E-state index in [9.17, 15) is 18.6 Å².